The average Bonchev–Trinajstić information content (AvgIpc) is 2.72. The number of nitrogens with zero attached hydrogens (tertiary/aromatic N) is 3. The van der Waals surface area contributed by atoms with E-state index in [1.165, 1.54) is 0 Å². The Bertz CT molecular complexity index is 317. The fourth-order valence-corrected chi connectivity index (χ4v) is 2.69. The van der Waals surface area contributed by atoms with Crippen LogP contribution in [-0.2, 0) is 7.05 Å². The Labute approximate surface area is 80.7 Å². The van der Waals surface area contributed by atoms with Crippen LogP contribution in [0.4, 0.5) is 0 Å². The lowest BCUT2D eigenvalue weighted by molar-refractivity contribution is 0.0979. The van der Waals surface area contributed by atoms with Gasteiger partial charge in [0.05, 0.1) is 11.4 Å². The predicted octanol–water partition coefficient (Wildman–Crippen LogP) is 0.893. The molecule has 1 aromatic rings. The van der Waals surface area contributed by atoms with Gasteiger partial charge in [0.15, 0.2) is 5.78 Å². The first kappa shape index (κ1) is 8.74. The molecule has 0 N–H and O–H groups in total. The van der Waals surface area contributed by atoms with Crippen LogP contribution in [0.5, 0.6) is 0 Å². The van der Waals surface area contributed by atoms with Gasteiger partial charge in [-0.1, -0.05) is 5.21 Å². The van der Waals surface area contributed by atoms with E-state index >= 15 is 0 Å². The summed E-state index contributed by atoms with van der Waals surface area (Å²) in [5.74, 6) is 1.27. The van der Waals surface area contributed by atoms with Gasteiger partial charge in [0, 0.05) is 7.05 Å². The Kier molecular flexibility index (Phi) is 2.35. The lowest BCUT2D eigenvalue weighted by atomic mass is 10.1. The number of thioether (sulfide) groups is 1. The number of ketones is 1. The molecule has 1 aliphatic rings. The molecule has 2 rings (SSSR count). The molecule has 1 atom stereocenters. The number of aromatic nitrogens is 3. The van der Waals surface area contributed by atoms with Crippen molar-refractivity contribution >= 4 is 17.5 Å². The molecule has 0 aromatic carbocycles. The molecule has 2 heterocycles. The molecular formula is C8H11N3OS. The highest BCUT2D eigenvalue weighted by atomic mass is 32.2. The number of Topliss-reactive ketones (excluding diaryl/α,β-unsaturated/α-hetero) is 1. The minimum Gasteiger partial charge on any atom is -0.291 e. The summed E-state index contributed by atoms with van der Waals surface area (Å²) in [6.45, 7) is 0. The molecule has 70 valence electrons. The second-order valence-corrected chi connectivity index (χ2v) is 4.42. The third-order valence-electron chi connectivity index (χ3n) is 2.19. The van der Waals surface area contributed by atoms with Crippen LogP contribution in [0.2, 0.25) is 0 Å². The van der Waals surface area contributed by atoms with E-state index in [-0.39, 0.29) is 11.0 Å². The molecule has 1 fully saturated rings. The van der Waals surface area contributed by atoms with E-state index in [9.17, 15) is 4.79 Å². The molecule has 13 heavy (non-hydrogen) atoms. The smallest absolute Gasteiger partial charge is 0.195 e. The lowest BCUT2D eigenvalue weighted by Gasteiger charge is -2.05. The first-order chi connectivity index (χ1) is 6.29. The molecule has 0 saturated carbocycles. The summed E-state index contributed by atoms with van der Waals surface area (Å²) in [4.78, 5) is 11.8. The van der Waals surface area contributed by atoms with Crippen molar-refractivity contribution in [2.24, 2.45) is 7.05 Å². The van der Waals surface area contributed by atoms with E-state index in [4.69, 9.17) is 0 Å². The van der Waals surface area contributed by atoms with E-state index in [0.29, 0.717) is 5.69 Å². The largest absolute Gasteiger partial charge is 0.291 e. The quantitative estimate of drug-likeness (QED) is 0.661. The maximum atomic E-state index is 11.8. The van der Waals surface area contributed by atoms with Crippen LogP contribution in [0, 0.1) is 0 Å². The van der Waals surface area contributed by atoms with Crippen LogP contribution >= 0.6 is 11.8 Å². The highest BCUT2D eigenvalue weighted by Gasteiger charge is 2.26. The summed E-state index contributed by atoms with van der Waals surface area (Å²) in [6, 6.07) is 0. The van der Waals surface area contributed by atoms with E-state index < -0.39 is 0 Å². The fraction of sp³-hybridized carbons (Fsp3) is 0.625. The van der Waals surface area contributed by atoms with Gasteiger partial charge in [-0.05, 0) is 18.6 Å². The topological polar surface area (TPSA) is 47.8 Å². The molecule has 1 aromatic heterocycles. The standard InChI is InChI=1S/C8H11N3OS/c1-11-6(5-9-10-11)8(12)7-3-2-4-13-7/h5,7H,2-4H2,1H3. The van der Waals surface area contributed by atoms with E-state index in [0.717, 1.165) is 18.6 Å². The van der Waals surface area contributed by atoms with Gasteiger partial charge in [0.2, 0.25) is 0 Å². The van der Waals surface area contributed by atoms with Crippen molar-refractivity contribution in [2.75, 3.05) is 5.75 Å². The summed E-state index contributed by atoms with van der Waals surface area (Å²) in [6.07, 6.45) is 3.68. The van der Waals surface area contributed by atoms with Crippen molar-refractivity contribution in [3.8, 4) is 0 Å². The van der Waals surface area contributed by atoms with Crippen LogP contribution in [0.3, 0.4) is 0 Å². The van der Waals surface area contributed by atoms with Gasteiger partial charge < -0.3 is 0 Å². The molecule has 5 heteroatoms. The van der Waals surface area contributed by atoms with Crippen molar-refractivity contribution in [1.29, 1.82) is 0 Å². The summed E-state index contributed by atoms with van der Waals surface area (Å²) < 4.78 is 1.54. The number of hydrogen-bond donors (Lipinski definition) is 0. The van der Waals surface area contributed by atoms with Gasteiger partial charge in [-0.25, -0.2) is 4.68 Å². The number of carbonyl (C=O) groups excluding carboxylic acids is 1. The van der Waals surface area contributed by atoms with Gasteiger partial charge >= 0.3 is 0 Å². The van der Waals surface area contributed by atoms with Gasteiger partial charge in [0.1, 0.15) is 5.69 Å². The molecule has 0 bridgehead atoms. The molecule has 1 aliphatic heterocycles. The van der Waals surface area contributed by atoms with Gasteiger partial charge in [-0.15, -0.1) is 5.10 Å². The van der Waals surface area contributed by atoms with Crippen LogP contribution < -0.4 is 0 Å². The minimum absolute atomic E-state index is 0.136. The first-order valence-electron chi connectivity index (χ1n) is 4.29. The fourth-order valence-electron chi connectivity index (χ4n) is 1.46. The summed E-state index contributed by atoms with van der Waals surface area (Å²) in [5, 5.41) is 7.58. The number of rotatable bonds is 2. The van der Waals surface area contributed by atoms with Crippen molar-refractivity contribution < 1.29 is 4.79 Å². The Morgan fingerprint density at radius 1 is 1.77 bits per heavy atom. The summed E-state index contributed by atoms with van der Waals surface area (Å²) in [5.41, 5.74) is 0.624. The maximum absolute atomic E-state index is 11.8. The molecule has 0 spiro atoms. The van der Waals surface area contributed by atoms with Gasteiger partial charge in [0.25, 0.3) is 0 Å². The molecule has 0 radical (unpaired) electrons. The van der Waals surface area contributed by atoms with E-state index in [1.807, 2.05) is 0 Å². The molecule has 1 saturated heterocycles. The lowest BCUT2D eigenvalue weighted by Crippen LogP contribution is -2.17. The third kappa shape index (κ3) is 1.60. The highest BCUT2D eigenvalue weighted by molar-refractivity contribution is 8.00. The molecule has 0 amide bonds. The zero-order valence-electron chi connectivity index (χ0n) is 7.43. The SMILES string of the molecule is Cn1nncc1C(=O)C1CCCS1. The van der Waals surface area contributed by atoms with Gasteiger partial charge in [-0.2, -0.15) is 11.8 Å². The second-order valence-electron chi connectivity index (χ2n) is 3.11. The Morgan fingerprint density at radius 3 is 3.15 bits per heavy atom. The van der Waals surface area contributed by atoms with Crippen molar-refractivity contribution in [2.45, 2.75) is 18.1 Å². The predicted molar refractivity (Wildman–Crippen MR) is 50.8 cm³/mol. The number of hydrogen-bond acceptors (Lipinski definition) is 4. The zero-order valence-corrected chi connectivity index (χ0v) is 8.25. The van der Waals surface area contributed by atoms with Crippen LogP contribution in [0.1, 0.15) is 23.3 Å². The Hall–Kier alpha value is -0.840. The van der Waals surface area contributed by atoms with Crippen molar-refractivity contribution in [3.05, 3.63) is 11.9 Å². The molecule has 4 nitrogen and oxygen atoms in total. The number of carbonyl (C=O) groups is 1. The third-order valence-corrected chi connectivity index (χ3v) is 3.57. The Morgan fingerprint density at radius 2 is 2.62 bits per heavy atom. The van der Waals surface area contributed by atoms with Crippen LogP contribution in [0.15, 0.2) is 6.20 Å². The van der Waals surface area contributed by atoms with E-state index in [1.54, 1.807) is 29.7 Å². The Balaban J connectivity index is 2.17. The minimum atomic E-state index is 0.136. The zero-order chi connectivity index (χ0) is 9.26. The van der Waals surface area contributed by atoms with Crippen LogP contribution in [0.25, 0.3) is 0 Å². The normalized spacial score (nSPS) is 22.1. The summed E-state index contributed by atoms with van der Waals surface area (Å²) >= 11 is 1.74. The number of aryl methyl sites for hydroxylation is 1. The highest BCUT2D eigenvalue weighted by Crippen LogP contribution is 2.28. The second kappa shape index (κ2) is 3.49. The maximum Gasteiger partial charge on any atom is 0.195 e. The van der Waals surface area contributed by atoms with Crippen LogP contribution in [-0.4, -0.2) is 31.8 Å². The van der Waals surface area contributed by atoms with Gasteiger partial charge in [-0.3, -0.25) is 4.79 Å². The monoisotopic (exact) mass is 197 g/mol. The average molecular weight is 197 g/mol. The summed E-state index contributed by atoms with van der Waals surface area (Å²) in [7, 11) is 1.75. The van der Waals surface area contributed by atoms with Crippen molar-refractivity contribution in [3.63, 3.8) is 0 Å². The van der Waals surface area contributed by atoms with E-state index in [2.05, 4.69) is 10.3 Å². The molecular weight excluding hydrogens is 186 g/mol. The first-order valence-corrected chi connectivity index (χ1v) is 5.34. The molecule has 0 aliphatic carbocycles. The molecule has 1 unspecified atom stereocenters. The van der Waals surface area contributed by atoms with Crippen molar-refractivity contribution in [1.82, 2.24) is 15.0 Å².